The maximum atomic E-state index is 10.3. The van der Waals surface area contributed by atoms with Gasteiger partial charge in [0.25, 0.3) is 0 Å². The molecule has 0 amide bonds. The van der Waals surface area contributed by atoms with Gasteiger partial charge in [-0.1, -0.05) is 41.5 Å². The summed E-state index contributed by atoms with van der Waals surface area (Å²) in [5.74, 6) is 0.918. The zero-order valence-corrected chi connectivity index (χ0v) is 10.3. The molecule has 0 saturated carbocycles. The van der Waals surface area contributed by atoms with Crippen LogP contribution in [-0.4, -0.2) is 10.7 Å². The highest BCUT2D eigenvalue weighted by molar-refractivity contribution is 5.04. The van der Waals surface area contributed by atoms with Crippen molar-refractivity contribution >= 4 is 0 Å². The van der Waals surface area contributed by atoms with Crippen LogP contribution in [0, 0.1) is 17.8 Å². The second kappa shape index (κ2) is 5.38. The van der Waals surface area contributed by atoms with Crippen LogP contribution in [-0.2, 0) is 0 Å². The Hall–Kier alpha value is -0.520. The Morgan fingerprint density at radius 2 is 1.43 bits per heavy atom. The third-order valence-corrected chi connectivity index (χ3v) is 2.59. The SMILES string of the molecule is CC(C)C=C=CC(O)(C(C)C)C(C)C. The van der Waals surface area contributed by atoms with Gasteiger partial charge in [0.2, 0.25) is 0 Å². The van der Waals surface area contributed by atoms with Gasteiger partial charge in [-0.3, -0.25) is 0 Å². The molecule has 0 saturated heterocycles. The highest BCUT2D eigenvalue weighted by Crippen LogP contribution is 2.27. The predicted molar refractivity (Wildman–Crippen MR) is 62.1 cm³/mol. The topological polar surface area (TPSA) is 20.2 Å². The fraction of sp³-hybridized carbons (Fsp3) is 0.769. The molecule has 1 N–H and O–H groups in total. The number of hydrogen-bond donors (Lipinski definition) is 1. The van der Waals surface area contributed by atoms with Gasteiger partial charge in [0, 0.05) is 0 Å². The Morgan fingerprint density at radius 1 is 1.00 bits per heavy atom. The third-order valence-electron chi connectivity index (χ3n) is 2.59. The van der Waals surface area contributed by atoms with Crippen LogP contribution in [0.4, 0.5) is 0 Å². The summed E-state index contributed by atoms with van der Waals surface area (Å²) in [6, 6.07) is 0. The maximum Gasteiger partial charge on any atom is 0.0946 e. The predicted octanol–water partition coefficient (Wildman–Crippen LogP) is 3.40. The number of hydrogen-bond acceptors (Lipinski definition) is 1. The Labute approximate surface area is 88.5 Å². The van der Waals surface area contributed by atoms with Crippen molar-refractivity contribution in [2.24, 2.45) is 17.8 Å². The van der Waals surface area contributed by atoms with Crippen LogP contribution in [0.25, 0.3) is 0 Å². The van der Waals surface area contributed by atoms with E-state index in [1.54, 1.807) is 0 Å². The largest absolute Gasteiger partial charge is 0.385 e. The van der Waals surface area contributed by atoms with Crippen LogP contribution in [0.3, 0.4) is 0 Å². The van der Waals surface area contributed by atoms with E-state index in [9.17, 15) is 5.11 Å². The fourth-order valence-corrected chi connectivity index (χ4v) is 1.37. The quantitative estimate of drug-likeness (QED) is 0.683. The van der Waals surface area contributed by atoms with Gasteiger partial charge in [-0.05, 0) is 29.9 Å². The molecule has 1 nitrogen and oxygen atoms in total. The molecule has 0 spiro atoms. The van der Waals surface area contributed by atoms with E-state index < -0.39 is 5.60 Å². The summed E-state index contributed by atoms with van der Waals surface area (Å²) in [6.45, 7) is 12.3. The van der Waals surface area contributed by atoms with Crippen molar-refractivity contribution in [2.45, 2.75) is 47.1 Å². The Morgan fingerprint density at radius 3 is 1.71 bits per heavy atom. The molecule has 0 unspecified atom stereocenters. The molecule has 0 aliphatic carbocycles. The summed E-state index contributed by atoms with van der Waals surface area (Å²) in [6.07, 6.45) is 3.79. The van der Waals surface area contributed by atoms with Crippen molar-refractivity contribution in [3.63, 3.8) is 0 Å². The normalized spacial score (nSPS) is 12.1. The molecule has 0 atom stereocenters. The summed E-state index contributed by atoms with van der Waals surface area (Å²) < 4.78 is 0. The molecule has 0 fully saturated rings. The van der Waals surface area contributed by atoms with Gasteiger partial charge < -0.3 is 5.11 Å². The highest BCUT2D eigenvalue weighted by atomic mass is 16.3. The molecule has 0 aromatic heterocycles. The lowest BCUT2D eigenvalue weighted by atomic mass is 9.80. The molecule has 0 rings (SSSR count). The third kappa shape index (κ3) is 3.69. The van der Waals surface area contributed by atoms with E-state index in [0.29, 0.717) is 5.92 Å². The van der Waals surface area contributed by atoms with Gasteiger partial charge in [0.1, 0.15) is 0 Å². The molecule has 0 aliphatic heterocycles. The van der Waals surface area contributed by atoms with Gasteiger partial charge in [0.15, 0.2) is 0 Å². The lowest BCUT2D eigenvalue weighted by molar-refractivity contribution is -0.000164. The molecular weight excluding hydrogens is 172 g/mol. The van der Waals surface area contributed by atoms with E-state index in [0.717, 1.165) is 0 Å². The molecule has 82 valence electrons. The Kier molecular flexibility index (Phi) is 5.18. The molecule has 0 radical (unpaired) electrons. The lowest BCUT2D eigenvalue weighted by Gasteiger charge is -2.32. The van der Waals surface area contributed by atoms with Gasteiger partial charge >= 0.3 is 0 Å². The number of aliphatic hydroxyl groups is 1. The average molecular weight is 196 g/mol. The standard InChI is InChI=1S/C13H24O/c1-10(2)8-7-9-13(14,11(3)4)12(5)6/h8-12,14H,1-6H3. The van der Waals surface area contributed by atoms with Gasteiger partial charge in [-0.15, -0.1) is 5.73 Å². The highest BCUT2D eigenvalue weighted by Gasteiger charge is 2.31. The first-order valence-corrected chi connectivity index (χ1v) is 5.46. The lowest BCUT2D eigenvalue weighted by Crippen LogP contribution is -2.38. The van der Waals surface area contributed by atoms with E-state index in [1.807, 2.05) is 39.8 Å². The van der Waals surface area contributed by atoms with Crippen molar-refractivity contribution in [1.29, 1.82) is 0 Å². The molecule has 0 heterocycles. The van der Waals surface area contributed by atoms with Crippen molar-refractivity contribution in [1.82, 2.24) is 0 Å². The number of rotatable bonds is 4. The molecule has 14 heavy (non-hydrogen) atoms. The molecule has 1 heteroatoms. The second-order valence-corrected chi connectivity index (χ2v) is 4.92. The maximum absolute atomic E-state index is 10.3. The van der Waals surface area contributed by atoms with Gasteiger partial charge in [-0.25, -0.2) is 0 Å². The van der Waals surface area contributed by atoms with Crippen molar-refractivity contribution in [3.05, 3.63) is 17.9 Å². The average Bonchev–Trinajstić information content (AvgIpc) is 2.02. The minimum atomic E-state index is -0.731. The van der Waals surface area contributed by atoms with Crippen molar-refractivity contribution in [2.75, 3.05) is 0 Å². The molecular formula is C13H24O. The van der Waals surface area contributed by atoms with Crippen LogP contribution < -0.4 is 0 Å². The van der Waals surface area contributed by atoms with E-state index in [2.05, 4.69) is 19.6 Å². The van der Waals surface area contributed by atoms with Gasteiger partial charge in [0.05, 0.1) is 5.60 Å². The molecule has 0 aromatic carbocycles. The summed E-state index contributed by atoms with van der Waals surface area (Å²) >= 11 is 0. The zero-order valence-electron chi connectivity index (χ0n) is 10.3. The smallest absolute Gasteiger partial charge is 0.0946 e. The van der Waals surface area contributed by atoms with Crippen LogP contribution >= 0.6 is 0 Å². The first-order valence-electron chi connectivity index (χ1n) is 5.46. The van der Waals surface area contributed by atoms with Crippen molar-refractivity contribution < 1.29 is 5.11 Å². The first kappa shape index (κ1) is 13.5. The summed E-state index contributed by atoms with van der Waals surface area (Å²) in [7, 11) is 0. The van der Waals surface area contributed by atoms with E-state index in [-0.39, 0.29) is 11.8 Å². The van der Waals surface area contributed by atoms with Crippen LogP contribution in [0.15, 0.2) is 17.9 Å². The fourth-order valence-electron chi connectivity index (χ4n) is 1.37. The summed E-state index contributed by atoms with van der Waals surface area (Å²) in [5.41, 5.74) is 2.36. The monoisotopic (exact) mass is 196 g/mol. The van der Waals surface area contributed by atoms with Crippen molar-refractivity contribution in [3.8, 4) is 0 Å². The molecule has 0 bridgehead atoms. The van der Waals surface area contributed by atoms with E-state index in [1.165, 1.54) is 0 Å². The van der Waals surface area contributed by atoms with Crippen LogP contribution in [0.2, 0.25) is 0 Å². The van der Waals surface area contributed by atoms with Gasteiger partial charge in [-0.2, -0.15) is 0 Å². The Bertz CT molecular complexity index is 209. The van der Waals surface area contributed by atoms with E-state index in [4.69, 9.17) is 0 Å². The zero-order chi connectivity index (χ0) is 11.4. The summed E-state index contributed by atoms with van der Waals surface area (Å²) in [4.78, 5) is 0. The molecule has 0 aliphatic rings. The van der Waals surface area contributed by atoms with E-state index >= 15 is 0 Å². The minimum Gasteiger partial charge on any atom is -0.385 e. The summed E-state index contributed by atoms with van der Waals surface area (Å²) in [5, 5.41) is 10.3. The second-order valence-electron chi connectivity index (χ2n) is 4.92. The van der Waals surface area contributed by atoms with Crippen LogP contribution in [0.1, 0.15) is 41.5 Å². The molecule has 0 aromatic rings. The van der Waals surface area contributed by atoms with Crippen LogP contribution in [0.5, 0.6) is 0 Å². The first-order chi connectivity index (χ1) is 6.30. The Balaban J connectivity index is 4.79. The minimum absolute atomic E-state index is 0.218.